The summed E-state index contributed by atoms with van der Waals surface area (Å²) in [5, 5.41) is 10.7. The van der Waals surface area contributed by atoms with E-state index in [4.69, 9.17) is 11.6 Å². The van der Waals surface area contributed by atoms with Crippen LogP contribution in [0.4, 0.5) is 0 Å². The Labute approximate surface area is 108 Å². The van der Waals surface area contributed by atoms with Gasteiger partial charge in [-0.1, -0.05) is 17.7 Å². The summed E-state index contributed by atoms with van der Waals surface area (Å²) in [6.07, 6.45) is 3.41. The van der Waals surface area contributed by atoms with Crippen LogP contribution in [0.1, 0.15) is 5.56 Å². The number of hydrogen-bond donors (Lipinski definition) is 1. The molecule has 0 bridgehead atoms. The van der Waals surface area contributed by atoms with E-state index < -0.39 is 5.03 Å². The topological polar surface area (TPSA) is 71.1 Å². The smallest absolute Gasteiger partial charge is 0.250 e. The van der Waals surface area contributed by atoms with Crippen LogP contribution in [0, 0.1) is 10.1 Å². The second kappa shape index (κ2) is 6.41. The molecule has 6 nitrogen and oxygen atoms in total. The normalized spacial score (nSPS) is 11.9. The van der Waals surface area contributed by atoms with Crippen molar-refractivity contribution in [3.05, 3.63) is 39.2 Å². The molecule has 1 aromatic heterocycles. The van der Waals surface area contributed by atoms with Crippen LogP contribution in [0.5, 0.6) is 0 Å². The molecule has 0 spiro atoms. The molecule has 0 saturated carbocycles. The highest BCUT2D eigenvalue weighted by Crippen LogP contribution is 2.06. The van der Waals surface area contributed by atoms with E-state index in [0.29, 0.717) is 16.9 Å². The summed E-state index contributed by atoms with van der Waals surface area (Å²) in [5.74, 6) is 0. The number of rotatable bonds is 3. The number of nitro groups is 1. The van der Waals surface area contributed by atoms with Gasteiger partial charge in [0.05, 0.1) is 7.05 Å². The minimum atomic E-state index is -0.581. The molecule has 0 aromatic carbocycles. The van der Waals surface area contributed by atoms with Crippen molar-refractivity contribution in [1.29, 1.82) is 0 Å². The molecule has 1 heterocycles. The van der Waals surface area contributed by atoms with Gasteiger partial charge < -0.3 is 0 Å². The van der Waals surface area contributed by atoms with E-state index in [9.17, 15) is 10.1 Å². The fourth-order valence-corrected chi connectivity index (χ4v) is 1.86. The summed E-state index contributed by atoms with van der Waals surface area (Å²) in [7, 11) is 1.76. The molecule has 0 fully saturated rings. The SMILES string of the molecule is CSC(N[N+](=O)[O-])=[N+](C)Cc1ccc(Cl)nc1. The van der Waals surface area contributed by atoms with Gasteiger partial charge in [0.2, 0.25) is 5.03 Å². The van der Waals surface area contributed by atoms with Gasteiger partial charge in [-0.3, -0.25) is 0 Å². The van der Waals surface area contributed by atoms with E-state index in [1.54, 1.807) is 30.1 Å². The number of aromatic nitrogens is 1. The second-order valence-corrected chi connectivity index (χ2v) is 4.41. The average Bonchev–Trinajstić information content (AvgIpc) is 2.28. The molecule has 0 aliphatic rings. The van der Waals surface area contributed by atoms with Gasteiger partial charge in [0, 0.05) is 17.2 Å². The molecule has 0 radical (unpaired) electrons. The van der Waals surface area contributed by atoms with E-state index in [1.165, 1.54) is 11.8 Å². The molecule has 1 N–H and O–H groups in total. The lowest BCUT2D eigenvalue weighted by molar-refractivity contribution is -0.558. The zero-order valence-electron chi connectivity index (χ0n) is 9.38. The van der Waals surface area contributed by atoms with Crippen molar-refractivity contribution < 1.29 is 9.61 Å². The summed E-state index contributed by atoms with van der Waals surface area (Å²) >= 11 is 6.94. The second-order valence-electron chi connectivity index (χ2n) is 3.22. The van der Waals surface area contributed by atoms with Crippen LogP contribution in [0.3, 0.4) is 0 Å². The summed E-state index contributed by atoms with van der Waals surface area (Å²) < 4.78 is 1.73. The fraction of sp³-hybridized carbons (Fsp3) is 0.333. The van der Waals surface area contributed by atoms with E-state index in [-0.39, 0.29) is 0 Å². The van der Waals surface area contributed by atoms with Gasteiger partial charge in [-0.2, -0.15) is 0 Å². The fourth-order valence-electron chi connectivity index (χ4n) is 1.21. The summed E-state index contributed by atoms with van der Waals surface area (Å²) in [6, 6.07) is 3.51. The highest BCUT2D eigenvalue weighted by atomic mass is 35.5. The molecule has 1 aromatic rings. The molecule has 92 valence electrons. The molecule has 0 unspecified atom stereocenters. The van der Waals surface area contributed by atoms with Crippen LogP contribution in [-0.2, 0) is 6.54 Å². The average molecular weight is 276 g/mol. The molecule has 1 rings (SSSR count). The number of pyridine rings is 1. The third-order valence-corrected chi connectivity index (χ3v) is 2.95. The van der Waals surface area contributed by atoms with Crippen molar-refractivity contribution in [2.45, 2.75) is 6.54 Å². The first-order valence-corrected chi connectivity index (χ1v) is 6.26. The van der Waals surface area contributed by atoms with E-state index in [2.05, 4.69) is 10.4 Å². The Morgan fingerprint density at radius 3 is 2.82 bits per heavy atom. The molecular weight excluding hydrogens is 264 g/mol. The number of halogens is 1. The molecule has 0 saturated heterocycles. The van der Waals surface area contributed by atoms with E-state index >= 15 is 0 Å². The Morgan fingerprint density at radius 2 is 2.35 bits per heavy atom. The standard InChI is InChI=1S/C9H11ClN4O2S/c1-13(9(17-2)12-14(15)16)6-7-3-4-8(10)11-5-7/h3-5H,6H2,1-2H3/p+1. The van der Waals surface area contributed by atoms with Crippen molar-refractivity contribution in [1.82, 2.24) is 10.4 Å². The van der Waals surface area contributed by atoms with Crippen molar-refractivity contribution >= 4 is 28.5 Å². The van der Waals surface area contributed by atoms with Crippen molar-refractivity contribution in [2.75, 3.05) is 13.3 Å². The maximum atomic E-state index is 10.4. The molecule has 0 aliphatic heterocycles. The lowest BCUT2D eigenvalue weighted by Gasteiger charge is -2.03. The summed E-state index contributed by atoms with van der Waals surface area (Å²) in [5.41, 5.74) is 3.07. The number of thioether (sulfide) groups is 1. The molecule has 8 heteroatoms. The van der Waals surface area contributed by atoms with Gasteiger partial charge in [-0.25, -0.2) is 19.7 Å². The first-order chi connectivity index (χ1) is 8.02. The third-order valence-electron chi connectivity index (χ3n) is 1.94. The largest absolute Gasteiger partial charge is 0.370 e. The zero-order valence-corrected chi connectivity index (χ0v) is 11.0. The van der Waals surface area contributed by atoms with E-state index in [0.717, 1.165) is 5.56 Å². The van der Waals surface area contributed by atoms with Crippen molar-refractivity contribution in [3.8, 4) is 0 Å². The number of hydrogen-bond acceptors (Lipinski definition) is 4. The predicted molar refractivity (Wildman–Crippen MR) is 67.8 cm³/mol. The molecule has 0 amide bonds. The number of nitrogens with zero attached hydrogens (tertiary/aromatic N) is 3. The third kappa shape index (κ3) is 4.58. The Balaban J connectivity index is 2.80. The van der Waals surface area contributed by atoms with Gasteiger partial charge >= 0.3 is 5.17 Å². The Hall–Kier alpha value is -1.34. The van der Waals surface area contributed by atoms with Crippen LogP contribution >= 0.6 is 23.4 Å². The van der Waals surface area contributed by atoms with Crippen LogP contribution in [0.25, 0.3) is 0 Å². The summed E-state index contributed by atoms with van der Waals surface area (Å²) in [4.78, 5) is 14.3. The van der Waals surface area contributed by atoms with Crippen molar-refractivity contribution in [2.24, 2.45) is 0 Å². The predicted octanol–water partition coefficient (Wildman–Crippen LogP) is 1.38. The quantitative estimate of drug-likeness (QED) is 0.225. The first-order valence-electron chi connectivity index (χ1n) is 4.66. The number of nitrogens with one attached hydrogen (secondary N) is 1. The van der Waals surface area contributed by atoms with Crippen LogP contribution in [-0.4, -0.2) is 33.1 Å². The van der Waals surface area contributed by atoms with Crippen molar-refractivity contribution in [3.63, 3.8) is 0 Å². The lowest BCUT2D eigenvalue weighted by Crippen LogP contribution is -2.33. The molecule has 0 atom stereocenters. The maximum absolute atomic E-state index is 10.4. The van der Waals surface area contributed by atoms with E-state index in [1.807, 2.05) is 6.07 Å². The number of hydrazine groups is 1. The highest BCUT2D eigenvalue weighted by molar-refractivity contribution is 8.12. The Kier molecular flexibility index (Phi) is 5.17. The van der Waals surface area contributed by atoms with Gasteiger partial charge in [-0.15, -0.1) is 0 Å². The molecule has 17 heavy (non-hydrogen) atoms. The minimum Gasteiger partial charge on any atom is -0.250 e. The Morgan fingerprint density at radius 1 is 1.65 bits per heavy atom. The van der Waals surface area contributed by atoms with Crippen LogP contribution in [0.15, 0.2) is 18.3 Å². The minimum absolute atomic E-state index is 0.425. The summed E-state index contributed by atoms with van der Waals surface area (Å²) in [6.45, 7) is 0.515. The Bertz CT molecular complexity index is 435. The van der Waals surface area contributed by atoms with Gasteiger partial charge in [0.1, 0.15) is 11.7 Å². The highest BCUT2D eigenvalue weighted by Gasteiger charge is 2.15. The zero-order chi connectivity index (χ0) is 12.8. The van der Waals surface area contributed by atoms with Gasteiger partial charge in [-0.05, 0) is 24.1 Å². The molecule has 0 aliphatic carbocycles. The lowest BCUT2D eigenvalue weighted by atomic mass is 10.3. The number of amidine groups is 1. The first kappa shape index (κ1) is 13.7. The molecular formula is C9H12ClN4O2S+. The van der Waals surface area contributed by atoms with Crippen LogP contribution in [0.2, 0.25) is 5.15 Å². The maximum Gasteiger partial charge on any atom is 0.370 e. The van der Waals surface area contributed by atoms with Gasteiger partial charge in [0.15, 0.2) is 0 Å². The van der Waals surface area contributed by atoms with Crippen LogP contribution < -0.4 is 5.43 Å². The van der Waals surface area contributed by atoms with Gasteiger partial charge in [0.25, 0.3) is 0 Å². The monoisotopic (exact) mass is 275 g/mol.